The van der Waals surface area contributed by atoms with Gasteiger partial charge in [0.25, 0.3) is 0 Å². The highest BCUT2D eigenvalue weighted by Crippen LogP contribution is 2.20. The highest BCUT2D eigenvalue weighted by Gasteiger charge is 2.13. The topological polar surface area (TPSA) is 57.2 Å². The third kappa shape index (κ3) is 1.73. The molecule has 0 saturated carbocycles. The molecular formula is C14H13N5O. The lowest BCUT2D eigenvalue weighted by molar-refractivity contribution is 0.216. The van der Waals surface area contributed by atoms with Gasteiger partial charge in [0, 0.05) is 23.7 Å². The van der Waals surface area contributed by atoms with Gasteiger partial charge < -0.3 is 4.74 Å². The van der Waals surface area contributed by atoms with Crippen molar-refractivity contribution in [3.8, 4) is 5.69 Å². The number of aryl methyl sites for hydroxylation is 1. The van der Waals surface area contributed by atoms with E-state index in [1.165, 1.54) is 5.57 Å². The van der Waals surface area contributed by atoms with Crippen molar-refractivity contribution < 1.29 is 4.74 Å². The Labute approximate surface area is 115 Å². The van der Waals surface area contributed by atoms with Crippen molar-refractivity contribution in [2.45, 2.75) is 6.92 Å². The first kappa shape index (κ1) is 11.4. The molecule has 0 bridgehead atoms. The number of nitrogens with zero attached hydrogens (tertiary/aromatic N) is 5. The van der Waals surface area contributed by atoms with Gasteiger partial charge >= 0.3 is 0 Å². The summed E-state index contributed by atoms with van der Waals surface area (Å²) in [5.41, 5.74) is 4.89. The Morgan fingerprint density at radius 2 is 2.20 bits per heavy atom. The maximum Gasteiger partial charge on any atom is 0.181 e. The Balaban J connectivity index is 1.81. The summed E-state index contributed by atoms with van der Waals surface area (Å²) in [4.78, 5) is 4.52. The van der Waals surface area contributed by atoms with E-state index in [9.17, 15) is 0 Å². The fourth-order valence-corrected chi connectivity index (χ4v) is 2.32. The maximum absolute atomic E-state index is 5.34. The first-order chi connectivity index (χ1) is 9.81. The average molecular weight is 267 g/mol. The van der Waals surface area contributed by atoms with Crippen molar-refractivity contribution in [2.24, 2.45) is 0 Å². The smallest absolute Gasteiger partial charge is 0.181 e. The van der Waals surface area contributed by atoms with Gasteiger partial charge in [-0.25, -0.2) is 14.2 Å². The maximum atomic E-state index is 5.34. The van der Waals surface area contributed by atoms with Crippen LogP contribution >= 0.6 is 0 Å². The van der Waals surface area contributed by atoms with Gasteiger partial charge in [-0.15, -0.1) is 0 Å². The molecule has 1 aliphatic heterocycles. The van der Waals surface area contributed by atoms with Gasteiger partial charge in [-0.1, -0.05) is 6.08 Å². The molecule has 1 aliphatic rings. The lowest BCUT2D eigenvalue weighted by atomic mass is 10.2. The number of hydrogen-bond acceptors (Lipinski definition) is 4. The first-order valence-electron chi connectivity index (χ1n) is 6.44. The number of fused-ring (bicyclic) bond motifs is 1. The molecule has 0 radical (unpaired) electrons. The number of ether oxygens (including phenoxy) is 1. The van der Waals surface area contributed by atoms with Gasteiger partial charge in [0.15, 0.2) is 5.65 Å². The van der Waals surface area contributed by atoms with Crippen LogP contribution in [-0.4, -0.2) is 37.6 Å². The molecule has 0 saturated heterocycles. The van der Waals surface area contributed by atoms with E-state index in [0.717, 1.165) is 22.6 Å². The summed E-state index contributed by atoms with van der Waals surface area (Å²) in [5.74, 6) is 0. The van der Waals surface area contributed by atoms with Gasteiger partial charge in [0.05, 0.1) is 25.6 Å². The Bertz CT molecular complexity index is 814. The van der Waals surface area contributed by atoms with Crippen molar-refractivity contribution in [2.75, 3.05) is 13.2 Å². The van der Waals surface area contributed by atoms with E-state index in [1.807, 2.05) is 36.3 Å². The molecule has 0 amide bonds. The van der Waals surface area contributed by atoms with Crippen LogP contribution in [-0.2, 0) is 4.74 Å². The zero-order valence-corrected chi connectivity index (χ0v) is 11.0. The van der Waals surface area contributed by atoms with Gasteiger partial charge in [-0.2, -0.15) is 10.2 Å². The molecule has 0 unspecified atom stereocenters. The zero-order valence-electron chi connectivity index (χ0n) is 11.0. The summed E-state index contributed by atoms with van der Waals surface area (Å²) >= 11 is 0. The second-order valence-corrected chi connectivity index (χ2v) is 4.78. The molecule has 0 N–H and O–H groups in total. The Morgan fingerprint density at radius 1 is 1.25 bits per heavy atom. The molecule has 4 rings (SSSR count). The molecule has 0 spiro atoms. The lowest BCUT2D eigenvalue weighted by Gasteiger charge is -1.99. The van der Waals surface area contributed by atoms with Crippen LogP contribution in [0.1, 0.15) is 11.3 Å². The third-order valence-corrected chi connectivity index (χ3v) is 3.40. The SMILES string of the molecule is Cc1ccn2ncc(-n3cc(C4=CCOC4)cn3)c2n1. The van der Waals surface area contributed by atoms with Crippen LogP contribution in [0.25, 0.3) is 16.9 Å². The second-order valence-electron chi connectivity index (χ2n) is 4.78. The molecule has 0 aromatic carbocycles. The van der Waals surface area contributed by atoms with Crippen molar-refractivity contribution in [3.05, 3.63) is 48.2 Å². The summed E-state index contributed by atoms with van der Waals surface area (Å²) < 4.78 is 8.90. The van der Waals surface area contributed by atoms with Crippen LogP contribution in [0.5, 0.6) is 0 Å². The third-order valence-electron chi connectivity index (χ3n) is 3.40. The molecule has 0 aliphatic carbocycles. The Kier molecular flexibility index (Phi) is 2.43. The van der Waals surface area contributed by atoms with Crippen LogP contribution in [0.15, 0.2) is 36.9 Å². The van der Waals surface area contributed by atoms with Gasteiger partial charge in [0.2, 0.25) is 0 Å². The quantitative estimate of drug-likeness (QED) is 0.708. The van der Waals surface area contributed by atoms with Crippen molar-refractivity contribution >= 4 is 11.2 Å². The van der Waals surface area contributed by atoms with Crippen LogP contribution in [0.2, 0.25) is 0 Å². The molecular weight excluding hydrogens is 254 g/mol. The Morgan fingerprint density at radius 3 is 3.05 bits per heavy atom. The minimum Gasteiger partial charge on any atom is -0.373 e. The van der Waals surface area contributed by atoms with Crippen LogP contribution in [0, 0.1) is 6.92 Å². The van der Waals surface area contributed by atoms with E-state index < -0.39 is 0 Å². The lowest BCUT2D eigenvalue weighted by Crippen LogP contribution is -1.97. The van der Waals surface area contributed by atoms with E-state index in [2.05, 4.69) is 21.3 Å². The van der Waals surface area contributed by atoms with Crippen LogP contribution < -0.4 is 0 Å². The molecule has 6 nitrogen and oxygen atoms in total. The predicted octanol–water partition coefficient (Wildman–Crippen LogP) is 1.64. The summed E-state index contributed by atoms with van der Waals surface area (Å²) in [6.07, 6.45) is 9.60. The van der Waals surface area contributed by atoms with E-state index in [1.54, 1.807) is 10.7 Å². The normalized spacial score (nSPS) is 14.9. The molecule has 4 heterocycles. The fourth-order valence-electron chi connectivity index (χ4n) is 2.32. The second kappa shape index (κ2) is 4.28. The molecule has 3 aromatic rings. The fraction of sp³-hybridized carbons (Fsp3) is 0.214. The molecule has 100 valence electrons. The number of rotatable bonds is 2. The summed E-state index contributed by atoms with van der Waals surface area (Å²) in [6, 6.07) is 1.93. The number of aromatic nitrogens is 5. The van der Waals surface area contributed by atoms with Gasteiger partial charge in [-0.3, -0.25) is 0 Å². The minimum atomic E-state index is 0.651. The molecule has 20 heavy (non-hydrogen) atoms. The molecule has 3 aromatic heterocycles. The summed E-state index contributed by atoms with van der Waals surface area (Å²) in [7, 11) is 0. The summed E-state index contributed by atoms with van der Waals surface area (Å²) in [6.45, 7) is 3.29. The molecule has 6 heteroatoms. The van der Waals surface area contributed by atoms with Gasteiger partial charge in [0.1, 0.15) is 5.69 Å². The van der Waals surface area contributed by atoms with Crippen LogP contribution in [0.4, 0.5) is 0 Å². The highest BCUT2D eigenvalue weighted by atomic mass is 16.5. The minimum absolute atomic E-state index is 0.651. The standard InChI is InChI=1S/C14H13N5O/c1-10-2-4-18-14(17-10)13(7-16-18)19-8-12(6-15-19)11-3-5-20-9-11/h2-4,6-8H,5,9H2,1H3. The number of hydrogen-bond donors (Lipinski definition) is 0. The largest absolute Gasteiger partial charge is 0.373 e. The molecule has 0 atom stereocenters. The summed E-state index contributed by atoms with van der Waals surface area (Å²) in [5, 5.41) is 8.71. The monoisotopic (exact) mass is 267 g/mol. The Hall–Kier alpha value is -2.47. The van der Waals surface area contributed by atoms with Gasteiger partial charge in [-0.05, 0) is 18.6 Å². The van der Waals surface area contributed by atoms with Crippen molar-refractivity contribution in [1.82, 2.24) is 24.4 Å². The van der Waals surface area contributed by atoms with Crippen LogP contribution in [0.3, 0.4) is 0 Å². The van der Waals surface area contributed by atoms with E-state index >= 15 is 0 Å². The average Bonchev–Trinajstić information content (AvgIpc) is 3.17. The predicted molar refractivity (Wildman–Crippen MR) is 73.6 cm³/mol. The van der Waals surface area contributed by atoms with Crippen molar-refractivity contribution in [3.63, 3.8) is 0 Å². The highest BCUT2D eigenvalue weighted by molar-refractivity contribution is 5.67. The van der Waals surface area contributed by atoms with Crippen molar-refractivity contribution in [1.29, 1.82) is 0 Å². The van der Waals surface area contributed by atoms with E-state index in [4.69, 9.17) is 4.74 Å². The zero-order chi connectivity index (χ0) is 13.5. The first-order valence-corrected chi connectivity index (χ1v) is 6.44. The van der Waals surface area contributed by atoms with E-state index in [0.29, 0.717) is 13.2 Å². The van der Waals surface area contributed by atoms with E-state index in [-0.39, 0.29) is 0 Å². The molecule has 0 fully saturated rings.